The number of phosphoric ester groups is 1. The van der Waals surface area contributed by atoms with Crippen molar-refractivity contribution in [1.29, 1.82) is 0 Å². The van der Waals surface area contributed by atoms with Crippen LogP contribution in [-0.4, -0.2) is 235 Å². The first-order chi connectivity index (χ1) is 19.8. The molecule has 248 valence electrons. The average Bonchev–Trinajstić information content (AvgIpc) is 3.45. The van der Waals surface area contributed by atoms with Crippen LogP contribution in [0.25, 0.3) is 11.2 Å². The Morgan fingerprint density at radius 3 is 2.20 bits per heavy atom. The van der Waals surface area contributed by atoms with Crippen LogP contribution in [0.1, 0.15) is 6.23 Å². The molecule has 1 aliphatic heterocycles. The Bertz CT molecular complexity index is 1450. The summed E-state index contributed by atoms with van der Waals surface area (Å²) in [5.41, 5.74) is 5.81. The third kappa shape index (κ3) is 11.6. The molecular weight excluding hydrogens is 737 g/mol. The molecule has 1 fully saturated rings. The fourth-order valence-corrected chi connectivity index (χ4v) is 6.99. The molecule has 0 radical (unpaired) electrons. The first-order valence-corrected chi connectivity index (χ1v) is 15.8. The number of carbonyl (C=O) groups is 1. The standard InChI is InChI=1S/C16H26N5O19P3.2K.2H/c17-13-7-14(19-3-18-13)21(4-20-7)15-11(27)9(25)6(37-15)2-36-43(35,40-42(33,34)39-41(30,31)32)38-16(29)12(28)10(26)8(24)5(23)1-22;;;;/h3-6,8-12,15,22-28H,1-2H2,(H,33,34)(H2,17,18,19)(H2,30,31,32);;;;/t5-,6-,8-,9-,10+,11-,12-,15-,43?;;;;/m1..../s1. The van der Waals surface area contributed by atoms with Crippen LogP contribution in [-0.2, 0) is 40.9 Å². The van der Waals surface area contributed by atoms with E-state index < -0.39 is 91.6 Å². The van der Waals surface area contributed by atoms with Crippen molar-refractivity contribution in [3.63, 3.8) is 0 Å². The average molecular weight is 766 g/mol. The van der Waals surface area contributed by atoms with Crippen molar-refractivity contribution < 1.29 is 91.3 Å². The van der Waals surface area contributed by atoms with E-state index >= 15 is 0 Å². The molecule has 3 rings (SSSR count). The normalized spacial score (nSPS) is 25.6. The molecule has 0 amide bonds. The summed E-state index contributed by atoms with van der Waals surface area (Å²) >= 11 is 0. The van der Waals surface area contributed by atoms with E-state index in [1.807, 2.05) is 0 Å². The molecule has 0 spiro atoms. The van der Waals surface area contributed by atoms with Crippen molar-refractivity contribution in [2.75, 3.05) is 18.9 Å². The number of ether oxygens (including phenoxy) is 1. The van der Waals surface area contributed by atoms with Crippen LogP contribution in [0.4, 0.5) is 5.82 Å². The zero-order chi connectivity index (χ0) is 32.5. The molecule has 2 unspecified atom stereocenters. The number of carbonyl (C=O) groups excluding carboxylic acids is 1. The van der Waals surface area contributed by atoms with Gasteiger partial charge in [0.25, 0.3) is 0 Å². The quantitative estimate of drug-likeness (QED) is 0.0630. The Morgan fingerprint density at radius 2 is 1.62 bits per heavy atom. The van der Waals surface area contributed by atoms with Gasteiger partial charge in [0.2, 0.25) is 0 Å². The summed E-state index contributed by atoms with van der Waals surface area (Å²) in [5.74, 6) is -2.28. The number of aliphatic hydroxyl groups excluding tert-OH is 7. The number of aromatic nitrogens is 4. The Hall–Kier alpha value is 1.22. The molecule has 0 bridgehead atoms. The van der Waals surface area contributed by atoms with Gasteiger partial charge < -0.3 is 65.4 Å². The van der Waals surface area contributed by atoms with E-state index in [4.69, 9.17) is 29.9 Å². The van der Waals surface area contributed by atoms with Gasteiger partial charge in [-0.05, 0) is 0 Å². The molecule has 29 heteroatoms. The van der Waals surface area contributed by atoms with Crippen LogP contribution in [0.3, 0.4) is 0 Å². The molecule has 45 heavy (non-hydrogen) atoms. The maximum atomic E-state index is 13.1. The van der Waals surface area contributed by atoms with Gasteiger partial charge in [-0.3, -0.25) is 9.09 Å². The fraction of sp³-hybridized carbons (Fsp3) is 0.625. The van der Waals surface area contributed by atoms with Gasteiger partial charge in [0.05, 0.1) is 19.5 Å². The summed E-state index contributed by atoms with van der Waals surface area (Å²) in [5, 5.41) is 68.6. The summed E-state index contributed by atoms with van der Waals surface area (Å²) in [6.07, 6.45) is -14.8. The van der Waals surface area contributed by atoms with Gasteiger partial charge in [0.1, 0.15) is 48.5 Å². The summed E-state index contributed by atoms with van der Waals surface area (Å²) < 4.78 is 59.2. The van der Waals surface area contributed by atoms with Gasteiger partial charge in [-0.2, -0.15) is 8.62 Å². The molecule has 3 heterocycles. The fourth-order valence-electron chi connectivity index (χ4n) is 3.49. The Labute approximate surface area is 336 Å². The van der Waals surface area contributed by atoms with Gasteiger partial charge in [-0.1, -0.05) is 0 Å². The number of phosphoric acid groups is 3. The first-order valence-electron chi connectivity index (χ1n) is 11.4. The number of hydrogen-bond acceptors (Lipinski definition) is 20. The molecule has 2 aromatic rings. The molecule has 0 aromatic carbocycles. The van der Waals surface area contributed by atoms with Crippen molar-refractivity contribution >= 4 is 149 Å². The zero-order valence-corrected chi connectivity index (χ0v) is 23.7. The summed E-state index contributed by atoms with van der Waals surface area (Å²) in [6.45, 7) is -2.41. The molecule has 0 saturated carbocycles. The van der Waals surface area contributed by atoms with Gasteiger partial charge in [0.15, 0.2) is 23.8 Å². The van der Waals surface area contributed by atoms with Crippen LogP contribution < -0.4 is 5.73 Å². The topological polar surface area (TPSA) is 386 Å². The van der Waals surface area contributed by atoms with Crippen LogP contribution in [0.15, 0.2) is 12.7 Å². The van der Waals surface area contributed by atoms with E-state index in [0.29, 0.717) is 0 Å². The van der Waals surface area contributed by atoms with E-state index in [9.17, 15) is 54.0 Å². The molecule has 12 N–H and O–H groups in total. The predicted octanol–water partition coefficient (Wildman–Crippen LogP) is -5.94. The molecule has 2 aromatic heterocycles. The number of nitrogen functional groups attached to an aromatic ring is 1. The molecule has 24 nitrogen and oxygen atoms in total. The number of rotatable bonds is 14. The van der Waals surface area contributed by atoms with Gasteiger partial charge in [0, 0.05) is 0 Å². The number of hydrogen-bond donors (Lipinski definition) is 11. The Balaban J connectivity index is 0.00000506. The second kappa shape index (κ2) is 17.9. The first kappa shape index (κ1) is 44.2. The van der Waals surface area contributed by atoms with Crippen molar-refractivity contribution in [3.05, 3.63) is 12.7 Å². The number of nitrogens with two attached hydrogens (primary N) is 1. The second-order valence-electron chi connectivity index (χ2n) is 8.58. The molecule has 10 atom stereocenters. The van der Waals surface area contributed by atoms with Crippen molar-refractivity contribution in [1.82, 2.24) is 19.5 Å². The Kier molecular flexibility index (Phi) is 17.6. The third-order valence-corrected chi connectivity index (χ3v) is 9.68. The van der Waals surface area contributed by atoms with E-state index in [1.165, 1.54) is 0 Å². The maximum absolute atomic E-state index is 13.1. The minimum atomic E-state index is -6.14. The number of nitrogens with zero attached hydrogens (tertiary/aromatic N) is 4. The number of fused-ring (bicyclic) bond motifs is 1. The van der Waals surface area contributed by atoms with Crippen LogP contribution in [0.2, 0.25) is 0 Å². The number of imidazole rings is 1. The van der Waals surface area contributed by atoms with E-state index in [2.05, 4.69) is 28.1 Å². The number of aliphatic hydroxyl groups is 7. The number of anilines is 1. The molecule has 0 aliphatic carbocycles. The van der Waals surface area contributed by atoms with Crippen molar-refractivity contribution in [2.45, 2.75) is 49.0 Å². The van der Waals surface area contributed by atoms with Crippen molar-refractivity contribution in [3.8, 4) is 0 Å². The molecule has 1 aliphatic rings. The third-order valence-electron chi connectivity index (χ3n) is 5.51. The zero-order valence-electron chi connectivity index (χ0n) is 21.0. The Morgan fingerprint density at radius 1 is 1.00 bits per heavy atom. The van der Waals surface area contributed by atoms with E-state index in [-0.39, 0.29) is 120 Å². The monoisotopic (exact) mass is 765 g/mol. The van der Waals surface area contributed by atoms with E-state index in [1.54, 1.807) is 0 Å². The molecule has 1 saturated heterocycles. The predicted molar refractivity (Wildman–Crippen MR) is 145 cm³/mol. The van der Waals surface area contributed by atoms with Gasteiger partial charge in [-0.25, -0.2) is 33.4 Å². The van der Waals surface area contributed by atoms with E-state index in [0.717, 1.165) is 17.2 Å². The van der Waals surface area contributed by atoms with Crippen LogP contribution >= 0.6 is 23.5 Å². The van der Waals surface area contributed by atoms with Gasteiger partial charge >= 0.3 is 132 Å². The van der Waals surface area contributed by atoms with Crippen LogP contribution in [0, 0.1) is 0 Å². The van der Waals surface area contributed by atoms with Crippen LogP contribution in [0.5, 0.6) is 0 Å². The minimum absolute atomic E-state index is 0. The SMILES string of the molecule is Nc1ncnc2c1ncn2[C@@H]1O[C@H](COP(=O)(OC(=O)[C@H](O)[C@@H](O)[C@H](O)[C@H](O)CO)OP(=O)(O)OP(=O)(O)O)[C@@H](O)[C@H]1O.[KH].[KH]. The van der Waals surface area contributed by atoms with Gasteiger partial charge in [-0.15, -0.1) is 0 Å². The van der Waals surface area contributed by atoms with Crippen molar-refractivity contribution in [2.24, 2.45) is 0 Å². The summed E-state index contributed by atoms with van der Waals surface area (Å²) in [6, 6.07) is 0. The second-order valence-corrected chi connectivity index (χ2v) is 13.1. The molecular formula is C16H28K2N5O19P3. The summed E-state index contributed by atoms with van der Waals surface area (Å²) in [4.78, 5) is 51.2. The summed E-state index contributed by atoms with van der Waals surface area (Å²) in [7, 11) is -18.0.